The molecule has 5 aliphatic rings. The van der Waals surface area contributed by atoms with Crippen molar-refractivity contribution >= 4 is 57.0 Å². The number of halogens is 1. The molecule has 4 N–H and O–H groups in total. The number of nitriles is 1. The van der Waals surface area contributed by atoms with E-state index in [0.29, 0.717) is 17.3 Å². The maximum Gasteiger partial charge on any atom is 0.221 e. The first-order chi connectivity index (χ1) is 34.1. The minimum atomic E-state index is -0.899. The van der Waals surface area contributed by atoms with Crippen molar-refractivity contribution in [2.75, 3.05) is 14.1 Å². The summed E-state index contributed by atoms with van der Waals surface area (Å²) in [6.45, 7) is 14.7. The molecule has 10 nitrogen and oxygen atoms in total. The monoisotopic (exact) mass is 948 g/mol. The number of nitrogens with zero attached hydrogens (tertiary/aromatic N) is 6. The summed E-state index contributed by atoms with van der Waals surface area (Å²) < 4.78 is 0. The van der Waals surface area contributed by atoms with Gasteiger partial charge in [-0.15, -0.1) is 12.4 Å². The smallest absolute Gasteiger partial charge is 0.221 e. The number of hydrogen-bond donors (Lipinski definition) is 3. The summed E-state index contributed by atoms with van der Waals surface area (Å²) in [6, 6.07) is 54.7. The number of nitrogens with one attached hydrogen (secondary N) is 1. The van der Waals surface area contributed by atoms with Gasteiger partial charge in [-0.25, -0.2) is 30.1 Å². The maximum atomic E-state index is 9.60. The van der Waals surface area contributed by atoms with E-state index >= 15 is 0 Å². The van der Waals surface area contributed by atoms with Crippen LogP contribution >= 0.6 is 12.4 Å². The van der Waals surface area contributed by atoms with E-state index in [1.807, 2.05) is 55.6 Å². The van der Waals surface area contributed by atoms with E-state index in [0.717, 1.165) is 77.6 Å². The molecule has 1 heterocycles. The number of rotatable bonds is 2. The first-order valence-corrected chi connectivity index (χ1v) is 23.4. The summed E-state index contributed by atoms with van der Waals surface area (Å²) in [5.41, 5.74) is 23.0. The summed E-state index contributed by atoms with van der Waals surface area (Å²) in [6.07, 6.45) is 7.35. The van der Waals surface area contributed by atoms with Crippen molar-refractivity contribution in [2.24, 2.45) is 26.5 Å². The van der Waals surface area contributed by atoms with Crippen molar-refractivity contribution in [2.45, 2.75) is 44.2 Å². The van der Waals surface area contributed by atoms with Gasteiger partial charge in [-0.2, -0.15) is 10.3 Å². The number of nitrogens with two attached hydrogens (primary N) is 1. The Balaban J connectivity index is 0.000000154. The summed E-state index contributed by atoms with van der Waals surface area (Å²) in [5.74, 6) is 0.398. The molecule has 8 aromatic rings. The van der Waals surface area contributed by atoms with E-state index in [-0.39, 0.29) is 23.2 Å². The highest BCUT2D eigenvalue weighted by Gasteiger charge is 2.63. The number of hydroxylamine groups is 3. The topological polar surface area (TPSA) is 128 Å². The fourth-order valence-corrected chi connectivity index (χ4v) is 12.3. The number of benzene rings is 8. The van der Waals surface area contributed by atoms with Gasteiger partial charge in [0, 0.05) is 36.1 Å². The Morgan fingerprint density at radius 2 is 1.10 bits per heavy atom. The van der Waals surface area contributed by atoms with Gasteiger partial charge in [0.2, 0.25) is 17.9 Å². The molecule has 1 aliphatic heterocycles. The standard InChI is InChI=1S/C30H24N4O.C29H19N3.CH5NO.ClH/c1-32-25-11-5-8-20(14-25)21-12-13-22-16-29(30(26(22)15-21)33-28(31)34(2)35-30)17-23-9-3-6-19-7-4-10-24(18-29)27(19)23;1-31-25-10-4-7-20(13-25)21-11-12-22-15-29(28(32-18-30)26(22)14-21)16-23-8-2-5-19-6-3-9-24(17-29)27(19)23;1-2-3;/h3-15H,16-18H2,2H3,(H2,31,33);2-14H,15-17H2;2-3H,1H3;1H. The quantitative estimate of drug-likeness (QED) is 0.0899. The van der Waals surface area contributed by atoms with Crippen molar-refractivity contribution in [3.05, 3.63) is 225 Å². The average Bonchev–Trinajstić information content (AvgIpc) is 3.94. The van der Waals surface area contributed by atoms with Crippen LogP contribution in [0.5, 0.6) is 0 Å². The van der Waals surface area contributed by atoms with Gasteiger partial charge in [0.05, 0.1) is 18.9 Å². The molecule has 1 unspecified atom stereocenters. The van der Waals surface area contributed by atoms with Gasteiger partial charge < -0.3 is 10.9 Å². The van der Waals surface area contributed by atoms with E-state index in [1.165, 1.54) is 62.0 Å². The molecule has 0 saturated heterocycles. The largest absolute Gasteiger partial charge is 0.368 e. The SMILES string of the molecule is CNO.Cl.[C-]#[N+]c1cccc(-c2ccc3c(c2)C(=NC#N)C2(C3)Cc3cccc4cccc(c34)C2)c1.[C-]#[N+]c1cccc(-c2ccc3c(c2)C2(N=C(N)N(C)O2)C2(C3)Cc3cccc4cccc(c34)C2)c1. The van der Waals surface area contributed by atoms with E-state index in [2.05, 4.69) is 130 Å². The highest BCUT2D eigenvalue weighted by Crippen LogP contribution is 2.61. The Morgan fingerprint density at radius 3 is 1.59 bits per heavy atom. The Labute approximate surface area is 419 Å². The van der Waals surface area contributed by atoms with Crippen LogP contribution in [0.25, 0.3) is 53.5 Å². The van der Waals surface area contributed by atoms with Crippen molar-refractivity contribution in [1.82, 2.24) is 10.5 Å². The number of aliphatic imine (C=N–C) groups is 2. The Hall–Kier alpha value is -8.14. The fourth-order valence-electron chi connectivity index (χ4n) is 12.3. The molecule has 71 heavy (non-hydrogen) atoms. The molecule has 0 fully saturated rings. The van der Waals surface area contributed by atoms with Gasteiger partial charge in [-0.3, -0.25) is 0 Å². The zero-order valence-corrected chi connectivity index (χ0v) is 40.1. The second-order valence-electron chi connectivity index (χ2n) is 19.0. The second-order valence-corrected chi connectivity index (χ2v) is 19.0. The third kappa shape index (κ3) is 7.68. The molecule has 0 amide bonds. The molecule has 0 radical (unpaired) electrons. The van der Waals surface area contributed by atoms with Crippen LogP contribution in [0, 0.1) is 35.4 Å². The van der Waals surface area contributed by atoms with Crippen LogP contribution in [-0.2, 0) is 49.1 Å². The number of fused-ring (bicyclic) bond motifs is 4. The molecule has 1 atom stereocenters. The summed E-state index contributed by atoms with van der Waals surface area (Å²) >= 11 is 0. The van der Waals surface area contributed by atoms with E-state index < -0.39 is 5.72 Å². The van der Waals surface area contributed by atoms with Crippen LogP contribution in [0.15, 0.2) is 168 Å². The first-order valence-electron chi connectivity index (χ1n) is 23.4. The van der Waals surface area contributed by atoms with Gasteiger partial charge in [0.25, 0.3) is 0 Å². The molecule has 8 aromatic carbocycles. The lowest BCUT2D eigenvalue weighted by molar-refractivity contribution is -0.222. The Morgan fingerprint density at radius 1 is 0.648 bits per heavy atom. The highest BCUT2D eigenvalue weighted by molar-refractivity contribution is 6.11. The third-order valence-corrected chi connectivity index (χ3v) is 15.0. The molecule has 13 rings (SSSR count). The van der Waals surface area contributed by atoms with Crippen LogP contribution < -0.4 is 11.2 Å². The van der Waals surface area contributed by atoms with Crippen molar-refractivity contribution < 1.29 is 10.0 Å². The fraction of sp³-hybridized carbons (Fsp3) is 0.183. The van der Waals surface area contributed by atoms with E-state index in [4.69, 9.17) is 33.9 Å². The molecule has 3 spiro atoms. The van der Waals surface area contributed by atoms with E-state index in [9.17, 15) is 5.26 Å². The Bertz CT molecular complexity index is 3570. The number of guanidine groups is 1. The zero-order chi connectivity index (χ0) is 48.2. The van der Waals surface area contributed by atoms with Crippen molar-refractivity contribution in [3.63, 3.8) is 0 Å². The minimum absolute atomic E-state index is 0. The second kappa shape index (κ2) is 18.3. The predicted octanol–water partition coefficient (Wildman–Crippen LogP) is 12.4. The lowest BCUT2D eigenvalue weighted by Gasteiger charge is -2.44. The van der Waals surface area contributed by atoms with Gasteiger partial charge in [-0.1, -0.05) is 133 Å². The molecule has 0 aromatic heterocycles. The maximum absolute atomic E-state index is 9.60. The lowest BCUT2D eigenvalue weighted by atomic mass is 9.65. The lowest BCUT2D eigenvalue weighted by Crippen LogP contribution is -2.47. The molecule has 11 heteroatoms. The van der Waals surface area contributed by atoms with Gasteiger partial charge >= 0.3 is 0 Å². The zero-order valence-electron chi connectivity index (χ0n) is 39.3. The van der Waals surface area contributed by atoms with Crippen LogP contribution in [0.3, 0.4) is 0 Å². The minimum Gasteiger partial charge on any atom is -0.368 e. The van der Waals surface area contributed by atoms with E-state index in [1.54, 1.807) is 10.5 Å². The summed E-state index contributed by atoms with van der Waals surface area (Å²) in [5, 5.41) is 23.8. The van der Waals surface area contributed by atoms with Crippen LogP contribution in [0.1, 0.15) is 44.5 Å². The molecule has 4 aliphatic carbocycles. The molecular weight excluding hydrogens is 900 g/mol. The van der Waals surface area contributed by atoms with Gasteiger partial charge in [0.1, 0.15) is 0 Å². The van der Waals surface area contributed by atoms with Gasteiger partial charge in [-0.05, 0) is 140 Å². The first kappa shape index (κ1) is 46.6. The molecule has 0 bridgehead atoms. The van der Waals surface area contributed by atoms with Crippen molar-refractivity contribution in [1.29, 1.82) is 5.26 Å². The number of hydrogen-bond acceptors (Lipinski definition) is 8. The molecular formula is C60H49ClN8O2. The van der Waals surface area contributed by atoms with Gasteiger partial charge in [0.15, 0.2) is 11.4 Å². The van der Waals surface area contributed by atoms with Crippen LogP contribution in [0.2, 0.25) is 0 Å². The summed E-state index contributed by atoms with van der Waals surface area (Å²) in [4.78, 5) is 23.3. The normalized spacial score (nSPS) is 18.3. The Kier molecular flexibility index (Phi) is 12.0. The van der Waals surface area contributed by atoms with Crippen LogP contribution in [-0.4, -0.2) is 36.0 Å². The predicted molar refractivity (Wildman–Crippen MR) is 284 cm³/mol. The van der Waals surface area contributed by atoms with Crippen LogP contribution in [0.4, 0.5) is 11.4 Å². The summed E-state index contributed by atoms with van der Waals surface area (Å²) in [7, 11) is 3.26. The van der Waals surface area contributed by atoms with Crippen molar-refractivity contribution in [3.8, 4) is 28.4 Å². The third-order valence-electron chi connectivity index (χ3n) is 15.0. The molecule has 0 saturated carbocycles. The average molecular weight is 950 g/mol. The highest BCUT2D eigenvalue weighted by atomic mass is 35.5. The molecule has 348 valence electrons.